The lowest BCUT2D eigenvalue weighted by Gasteiger charge is -2.44. The van der Waals surface area contributed by atoms with Gasteiger partial charge in [0, 0.05) is 31.6 Å². The van der Waals surface area contributed by atoms with Crippen molar-refractivity contribution in [2.45, 2.75) is 75.5 Å². The maximum atomic E-state index is 11.6. The minimum Gasteiger partial charge on any atom is -0.463 e. The van der Waals surface area contributed by atoms with Gasteiger partial charge in [0.05, 0.1) is 0 Å². The number of carbonyl (C=O) groups excluding carboxylic acids is 4. The SMILES string of the molecule is CC(=O)OC[C@H]1O[C@@H](C[C@@H](C)I)[C@H](OC(C)=O)[C@@H](OC(C)=O)[C@H]1OC(C)=O. The van der Waals surface area contributed by atoms with E-state index in [2.05, 4.69) is 22.6 Å². The molecule has 0 N–H and O–H groups in total. The Kier molecular flexibility index (Phi) is 9.43. The van der Waals surface area contributed by atoms with Crippen LogP contribution in [0.3, 0.4) is 0 Å². The molecule has 27 heavy (non-hydrogen) atoms. The minimum atomic E-state index is -1.10. The highest BCUT2D eigenvalue weighted by molar-refractivity contribution is 14.1. The molecular weight excluding hydrogens is 475 g/mol. The second-order valence-corrected chi connectivity index (χ2v) is 8.38. The van der Waals surface area contributed by atoms with Crippen LogP contribution in [-0.4, -0.2) is 64.9 Å². The molecule has 0 saturated carbocycles. The van der Waals surface area contributed by atoms with Gasteiger partial charge in [-0.15, -0.1) is 0 Å². The average molecular weight is 500 g/mol. The van der Waals surface area contributed by atoms with Crippen LogP contribution in [0.2, 0.25) is 0 Å². The Bertz CT molecular complexity index is 563. The summed E-state index contributed by atoms with van der Waals surface area (Å²) in [6, 6.07) is 0. The molecule has 1 saturated heterocycles. The van der Waals surface area contributed by atoms with Crippen LogP contribution >= 0.6 is 22.6 Å². The van der Waals surface area contributed by atoms with Gasteiger partial charge in [-0.05, 0) is 6.42 Å². The lowest BCUT2D eigenvalue weighted by atomic mass is 9.92. The Balaban J connectivity index is 3.27. The predicted octanol–water partition coefficient (Wildman–Crippen LogP) is 1.33. The highest BCUT2D eigenvalue weighted by Crippen LogP contribution is 2.32. The van der Waals surface area contributed by atoms with Gasteiger partial charge in [-0.3, -0.25) is 19.2 Å². The molecule has 0 aromatic carbocycles. The summed E-state index contributed by atoms with van der Waals surface area (Å²) in [4.78, 5) is 46.0. The third-order valence-corrected chi connectivity index (χ3v) is 4.15. The highest BCUT2D eigenvalue weighted by Gasteiger charge is 2.52. The van der Waals surface area contributed by atoms with Crippen molar-refractivity contribution in [2.24, 2.45) is 0 Å². The zero-order chi connectivity index (χ0) is 20.7. The molecule has 0 bridgehead atoms. The van der Waals surface area contributed by atoms with Gasteiger partial charge in [0.25, 0.3) is 0 Å². The zero-order valence-electron chi connectivity index (χ0n) is 15.9. The van der Waals surface area contributed by atoms with Gasteiger partial charge in [0.15, 0.2) is 18.3 Å². The number of ether oxygens (including phenoxy) is 5. The fourth-order valence-electron chi connectivity index (χ4n) is 2.83. The number of hydrogen-bond donors (Lipinski definition) is 0. The van der Waals surface area contributed by atoms with E-state index in [1.54, 1.807) is 0 Å². The molecular formula is C17H25IO9. The molecule has 1 aliphatic heterocycles. The molecule has 9 nitrogen and oxygen atoms in total. The molecule has 6 atom stereocenters. The summed E-state index contributed by atoms with van der Waals surface area (Å²) >= 11 is 2.19. The monoisotopic (exact) mass is 500 g/mol. The molecule has 1 heterocycles. The number of rotatable bonds is 7. The minimum absolute atomic E-state index is 0.142. The van der Waals surface area contributed by atoms with E-state index in [9.17, 15) is 19.2 Å². The first-order valence-corrected chi connectivity index (χ1v) is 9.70. The van der Waals surface area contributed by atoms with Crippen molar-refractivity contribution in [3.63, 3.8) is 0 Å². The molecule has 0 radical (unpaired) electrons. The average Bonchev–Trinajstić information content (AvgIpc) is 2.49. The van der Waals surface area contributed by atoms with Crippen molar-refractivity contribution >= 4 is 46.5 Å². The smallest absolute Gasteiger partial charge is 0.303 e. The maximum Gasteiger partial charge on any atom is 0.303 e. The number of alkyl halides is 1. The highest BCUT2D eigenvalue weighted by atomic mass is 127. The van der Waals surface area contributed by atoms with Crippen LogP contribution in [-0.2, 0) is 42.9 Å². The van der Waals surface area contributed by atoms with Crippen LogP contribution in [0.1, 0.15) is 41.0 Å². The first-order valence-electron chi connectivity index (χ1n) is 8.45. The first kappa shape index (κ1) is 23.6. The lowest BCUT2D eigenvalue weighted by molar-refractivity contribution is -0.253. The van der Waals surface area contributed by atoms with Crippen LogP contribution in [0.4, 0.5) is 0 Å². The van der Waals surface area contributed by atoms with Crippen molar-refractivity contribution < 1.29 is 42.9 Å². The Hall–Kier alpha value is -1.43. The standard InChI is InChI=1S/C17H25IO9/c1-8(18)6-13-15(24-10(3)20)17(26-12(5)22)16(25-11(4)21)14(27-13)7-23-9(2)19/h8,13-17H,6-7H2,1-5H3/t8-,13+,14-,15+,16+,17-/m1/s1. The number of halogens is 1. The van der Waals surface area contributed by atoms with E-state index in [1.165, 1.54) is 27.7 Å². The van der Waals surface area contributed by atoms with Gasteiger partial charge in [-0.2, -0.15) is 0 Å². The van der Waals surface area contributed by atoms with Gasteiger partial charge < -0.3 is 23.7 Å². The normalized spacial score (nSPS) is 28.6. The molecule has 1 aliphatic rings. The van der Waals surface area contributed by atoms with Crippen molar-refractivity contribution in [1.29, 1.82) is 0 Å². The summed E-state index contributed by atoms with van der Waals surface area (Å²) in [5, 5.41) is 0. The number of hydrogen-bond acceptors (Lipinski definition) is 9. The third-order valence-electron chi connectivity index (χ3n) is 3.64. The molecule has 0 spiro atoms. The zero-order valence-corrected chi connectivity index (χ0v) is 18.1. The van der Waals surface area contributed by atoms with E-state index < -0.39 is 54.4 Å². The maximum absolute atomic E-state index is 11.6. The van der Waals surface area contributed by atoms with Crippen LogP contribution in [0.25, 0.3) is 0 Å². The fourth-order valence-corrected chi connectivity index (χ4v) is 3.33. The largest absolute Gasteiger partial charge is 0.463 e. The van der Waals surface area contributed by atoms with E-state index >= 15 is 0 Å². The number of carbonyl (C=O) groups is 4. The molecule has 10 heteroatoms. The van der Waals surface area contributed by atoms with Crippen molar-refractivity contribution in [3.8, 4) is 0 Å². The number of esters is 4. The van der Waals surface area contributed by atoms with Crippen molar-refractivity contribution in [2.75, 3.05) is 6.61 Å². The molecule has 0 aromatic heterocycles. The van der Waals surface area contributed by atoms with E-state index in [-0.39, 0.29) is 10.5 Å². The van der Waals surface area contributed by atoms with Gasteiger partial charge >= 0.3 is 23.9 Å². The quantitative estimate of drug-likeness (QED) is 0.221. The van der Waals surface area contributed by atoms with Gasteiger partial charge in [0.1, 0.15) is 18.8 Å². The molecule has 0 amide bonds. The van der Waals surface area contributed by atoms with Crippen LogP contribution in [0.15, 0.2) is 0 Å². The van der Waals surface area contributed by atoms with Gasteiger partial charge in [-0.25, -0.2) is 0 Å². The summed E-state index contributed by atoms with van der Waals surface area (Å²) in [6.45, 7) is 6.58. The van der Waals surface area contributed by atoms with Crippen LogP contribution in [0, 0.1) is 0 Å². The molecule has 154 valence electrons. The van der Waals surface area contributed by atoms with E-state index in [0.29, 0.717) is 6.42 Å². The molecule has 0 aromatic rings. The second kappa shape index (κ2) is 10.8. The Morgan fingerprint density at radius 2 is 1.26 bits per heavy atom. The summed E-state index contributed by atoms with van der Waals surface area (Å²) in [5.74, 6) is -2.41. The van der Waals surface area contributed by atoms with Crippen molar-refractivity contribution in [1.82, 2.24) is 0 Å². The van der Waals surface area contributed by atoms with E-state index in [0.717, 1.165) is 0 Å². The summed E-state index contributed by atoms with van der Waals surface area (Å²) in [6.07, 6.45) is -4.21. The third kappa shape index (κ3) is 7.99. The van der Waals surface area contributed by atoms with E-state index in [4.69, 9.17) is 23.7 Å². The summed E-state index contributed by atoms with van der Waals surface area (Å²) in [7, 11) is 0. The Morgan fingerprint density at radius 3 is 1.67 bits per heavy atom. The van der Waals surface area contributed by atoms with Gasteiger partial charge in [0.2, 0.25) is 0 Å². The first-order chi connectivity index (χ1) is 12.5. The van der Waals surface area contributed by atoms with Crippen LogP contribution in [0.5, 0.6) is 0 Å². The van der Waals surface area contributed by atoms with Gasteiger partial charge in [-0.1, -0.05) is 29.5 Å². The second-order valence-electron chi connectivity index (χ2n) is 6.25. The van der Waals surface area contributed by atoms with Crippen LogP contribution < -0.4 is 0 Å². The molecule has 1 fully saturated rings. The van der Waals surface area contributed by atoms with E-state index in [1.807, 2.05) is 6.92 Å². The Labute approximate surface area is 171 Å². The predicted molar refractivity (Wildman–Crippen MR) is 100 cm³/mol. The molecule has 1 rings (SSSR count). The molecule has 0 aliphatic carbocycles. The lowest BCUT2D eigenvalue weighted by Crippen LogP contribution is -2.62. The van der Waals surface area contributed by atoms with Crippen molar-refractivity contribution in [3.05, 3.63) is 0 Å². The summed E-state index contributed by atoms with van der Waals surface area (Å²) < 4.78 is 27.1. The summed E-state index contributed by atoms with van der Waals surface area (Å²) in [5.41, 5.74) is 0. The Morgan fingerprint density at radius 1 is 0.815 bits per heavy atom. The molecule has 0 unspecified atom stereocenters. The topological polar surface area (TPSA) is 114 Å². The fraction of sp³-hybridized carbons (Fsp3) is 0.765.